The van der Waals surface area contributed by atoms with Crippen molar-refractivity contribution in [1.82, 2.24) is 0 Å². The van der Waals surface area contributed by atoms with Crippen LogP contribution in [-0.2, 0) is 14.2 Å². The summed E-state index contributed by atoms with van der Waals surface area (Å²) >= 11 is 0. The van der Waals surface area contributed by atoms with Gasteiger partial charge >= 0.3 is 0 Å². The van der Waals surface area contributed by atoms with Crippen LogP contribution in [0.2, 0.25) is 0 Å². The summed E-state index contributed by atoms with van der Waals surface area (Å²) in [5.41, 5.74) is 16.2. The van der Waals surface area contributed by atoms with Crippen LogP contribution in [-0.4, -0.2) is 64.4 Å². The lowest BCUT2D eigenvalue weighted by molar-refractivity contribution is 0.0470. The van der Waals surface area contributed by atoms with Crippen LogP contribution in [0.3, 0.4) is 0 Å². The van der Waals surface area contributed by atoms with E-state index in [9.17, 15) is 5.11 Å². The number of aliphatic hydroxyl groups excluding tert-OH is 1. The predicted molar refractivity (Wildman–Crippen MR) is 98.8 cm³/mol. The Kier molecular flexibility index (Phi) is 20.2. The van der Waals surface area contributed by atoms with Crippen molar-refractivity contribution in [2.45, 2.75) is 38.5 Å². The first-order chi connectivity index (χ1) is 12.8. The zero-order valence-electron chi connectivity index (χ0n) is 15.5. The number of hydrogen-bond donors (Lipinski definition) is 1. The second kappa shape index (κ2) is 21.5. The van der Waals surface area contributed by atoms with Crippen molar-refractivity contribution in [2.24, 2.45) is 16.1 Å². The molecule has 0 aliphatic carbocycles. The molecule has 1 unspecified atom stereocenters. The molecule has 0 aliphatic rings. The Balaban J connectivity index is 3.35. The predicted octanol–water partition coefficient (Wildman–Crippen LogP) is 3.61. The van der Waals surface area contributed by atoms with E-state index < -0.39 is 0 Å². The van der Waals surface area contributed by atoms with Crippen LogP contribution < -0.4 is 0 Å². The minimum atomic E-state index is 0.213. The van der Waals surface area contributed by atoms with E-state index in [1.807, 2.05) is 0 Å². The highest BCUT2D eigenvalue weighted by Gasteiger charge is 2.07. The highest BCUT2D eigenvalue weighted by Crippen LogP contribution is 2.15. The third-order valence-corrected chi connectivity index (χ3v) is 3.73. The Morgan fingerprint density at radius 2 is 1.23 bits per heavy atom. The Bertz CT molecular complexity index is 400. The molecule has 0 rings (SSSR count). The molecule has 0 bridgehead atoms. The quantitative estimate of drug-likeness (QED) is 0.150. The first-order valence-corrected chi connectivity index (χ1v) is 9.21. The number of unbranched alkanes of at least 4 members (excludes halogenated alkanes) is 2. The van der Waals surface area contributed by atoms with Crippen LogP contribution in [0.15, 0.2) is 10.2 Å². The summed E-state index contributed by atoms with van der Waals surface area (Å²) in [6.07, 6.45) is 6.02. The molecule has 0 radical (unpaired) electrons. The topological polar surface area (TPSA) is 145 Å². The maximum absolute atomic E-state index is 9.43. The number of ether oxygens (including phenoxy) is 3. The molecule has 0 saturated heterocycles. The van der Waals surface area contributed by atoms with Crippen molar-refractivity contribution < 1.29 is 19.3 Å². The van der Waals surface area contributed by atoms with Crippen LogP contribution in [0.1, 0.15) is 38.5 Å². The average molecular weight is 372 g/mol. The van der Waals surface area contributed by atoms with Crippen LogP contribution in [0.5, 0.6) is 0 Å². The number of hydrogen-bond acceptors (Lipinski definition) is 6. The molecular weight excluding hydrogens is 340 g/mol. The Morgan fingerprint density at radius 3 is 1.85 bits per heavy atom. The number of azide groups is 2. The molecule has 1 atom stereocenters. The van der Waals surface area contributed by atoms with E-state index in [2.05, 4.69) is 20.1 Å². The minimum absolute atomic E-state index is 0.213. The van der Waals surface area contributed by atoms with Gasteiger partial charge in [0.1, 0.15) is 0 Å². The van der Waals surface area contributed by atoms with Gasteiger partial charge in [0.2, 0.25) is 0 Å². The molecule has 0 fully saturated rings. The smallest absolute Gasteiger partial charge is 0.0700 e. The second-order valence-corrected chi connectivity index (χ2v) is 5.79. The fourth-order valence-electron chi connectivity index (χ4n) is 2.34. The molecule has 1 N–H and O–H groups in total. The van der Waals surface area contributed by atoms with Crippen molar-refractivity contribution >= 4 is 0 Å². The van der Waals surface area contributed by atoms with E-state index in [-0.39, 0.29) is 6.61 Å². The van der Waals surface area contributed by atoms with E-state index in [0.717, 1.165) is 38.5 Å². The molecule has 150 valence electrons. The molecular formula is C16H32N6O4. The van der Waals surface area contributed by atoms with E-state index in [0.29, 0.717) is 58.6 Å². The maximum Gasteiger partial charge on any atom is 0.0700 e. The van der Waals surface area contributed by atoms with Crippen LogP contribution in [0.25, 0.3) is 20.9 Å². The van der Waals surface area contributed by atoms with Crippen molar-refractivity contribution in [3.8, 4) is 0 Å². The summed E-state index contributed by atoms with van der Waals surface area (Å²) in [5.74, 6) is 0.324. The van der Waals surface area contributed by atoms with Gasteiger partial charge in [-0.1, -0.05) is 23.1 Å². The van der Waals surface area contributed by atoms with Gasteiger partial charge in [-0.05, 0) is 42.7 Å². The van der Waals surface area contributed by atoms with Gasteiger partial charge in [0, 0.05) is 42.7 Å². The lowest BCUT2D eigenvalue weighted by Gasteiger charge is -2.14. The summed E-state index contributed by atoms with van der Waals surface area (Å²) in [6.45, 7) is 4.20. The van der Waals surface area contributed by atoms with Crippen LogP contribution in [0, 0.1) is 5.92 Å². The number of aliphatic hydroxyl groups is 1. The SMILES string of the molecule is [N-]=[N+]=NCCOCCCCCC(CO)CCCOCCOCCN=[N+]=[N-]. The summed E-state index contributed by atoms with van der Waals surface area (Å²) in [5, 5.41) is 16.2. The van der Waals surface area contributed by atoms with E-state index in [1.165, 1.54) is 0 Å². The normalized spacial score (nSPS) is 11.6. The molecule has 0 amide bonds. The molecule has 0 heterocycles. The van der Waals surface area contributed by atoms with E-state index >= 15 is 0 Å². The highest BCUT2D eigenvalue weighted by atomic mass is 16.5. The highest BCUT2D eigenvalue weighted by molar-refractivity contribution is 4.59. The van der Waals surface area contributed by atoms with Gasteiger partial charge in [-0.2, -0.15) is 0 Å². The number of rotatable bonds is 20. The number of nitrogens with zero attached hydrogens (tertiary/aromatic N) is 6. The van der Waals surface area contributed by atoms with Crippen molar-refractivity contribution in [3.63, 3.8) is 0 Å². The first kappa shape index (κ1) is 24.5. The van der Waals surface area contributed by atoms with Crippen molar-refractivity contribution in [1.29, 1.82) is 0 Å². The Morgan fingerprint density at radius 1 is 0.692 bits per heavy atom. The third-order valence-electron chi connectivity index (χ3n) is 3.73. The molecule has 0 aromatic rings. The zero-order valence-corrected chi connectivity index (χ0v) is 15.5. The maximum atomic E-state index is 9.43. The van der Waals surface area contributed by atoms with Gasteiger partial charge in [0.15, 0.2) is 0 Å². The largest absolute Gasteiger partial charge is 0.396 e. The van der Waals surface area contributed by atoms with E-state index in [1.54, 1.807) is 0 Å². The molecule has 26 heavy (non-hydrogen) atoms. The molecule has 0 saturated carbocycles. The van der Waals surface area contributed by atoms with Gasteiger partial charge in [0.05, 0.1) is 26.4 Å². The van der Waals surface area contributed by atoms with Gasteiger partial charge < -0.3 is 19.3 Å². The fourth-order valence-corrected chi connectivity index (χ4v) is 2.34. The Hall–Kier alpha value is -1.54. The van der Waals surface area contributed by atoms with Crippen molar-refractivity contribution in [3.05, 3.63) is 20.9 Å². The summed E-state index contributed by atoms with van der Waals surface area (Å²) in [6, 6.07) is 0. The van der Waals surface area contributed by atoms with Crippen LogP contribution >= 0.6 is 0 Å². The molecule has 0 aromatic heterocycles. The zero-order chi connectivity index (χ0) is 19.1. The lowest BCUT2D eigenvalue weighted by Crippen LogP contribution is -2.10. The molecule has 0 aromatic carbocycles. The minimum Gasteiger partial charge on any atom is -0.396 e. The van der Waals surface area contributed by atoms with Crippen molar-refractivity contribution in [2.75, 3.05) is 59.3 Å². The molecule has 10 nitrogen and oxygen atoms in total. The summed E-state index contributed by atoms with van der Waals surface area (Å²) in [4.78, 5) is 5.30. The fraction of sp³-hybridized carbons (Fsp3) is 1.00. The standard InChI is InChI=1S/C16H32N6O4/c17-21-19-7-11-24-9-3-1-2-5-16(15-23)6-4-10-25-13-14-26-12-8-20-22-18/h16,23H,1-15H2. The average Bonchev–Trinajstić information content (AvgIpc) is 2.66. The second-order valence-electron chi connectivity index (χ2n) is 5.79. The first-order valence-electron chi connectivity index (χ1n) is 9.21. The lowest BCUT2D eigenvalue weighted by atomic mass is 9.97. The van der Waals surface area contributed by atoms with Gasteiger partial charge in [-0.3, -0.25) is 0 Å². The molecule has 0 aliphatic heterocycles. The Labute approximate surface area is 155 Å². The summed E-state index contributed by atoms with van der Waals surface area (Å²) in [7, 11) is 0. The van der Waals surface area contributed by atoms with E-state index in [4.69, 9.17) is 25.3 Å². The van der Waals surface area contributed by atoms with Crippen LogP contribution in [0.4, 0.5) is 0 Å². The monoisotopic (exact) mass is 372 g/mol. The third kappa shape index (κ3) is 18.8. The van der Waals surface area contributed by atoms with Gasteiger partial charge in [-0.25, -0.2) is 0 Å². The van der Waals surface area contributed by atoms with Gasteiger partial charge in [-0.15, -0.1) is 0 Å². The summed E-state index contributed by atoms with van der Waals surface area (Å²) < 4.78 is 16.1. The molecule has 0 spiro atoms. The van der Waals surface area contributed by atoms with Gasteiger partial charge in [0.25, 0.3) is 0 Å². The molecule has 10 heteroatoms.